The normalized spacial score (nSPS) is 13.9. The Labute approximate surface area is 146 Å². The standard InChI is InChI=1S/C18H20N4OS/c1-21(2)13-6-4-12(5-7-13)17(23)20-18-15(10-19)14-8-9-22(3)11-16(14)24-18/h4-7H,8-9,11H2,1-3H3,(H,20,23). The molecule has 1 amide bonds. The molecule has 0 spiro atoms. The quantitative estimate of drug-likeness (QED) is 0.933. The van der Waals surface area contributed by atoms with Crippen LogP contribution < -0.4 is 10.2 Å². The Morgan fingerprint density at radius 2 is 2.04 bits per heavy atom. The van der Waals surface area contributed by atoms with Crippen molar-refractivity contribution in [3.8, 4) is 6.07 Å². The van der Waals surface area contributed by atoms with Crippen molar-refractivity contribution in [2.75, 3.05) is 37.9 Å². The highest BCUT2D eigenvalue weighted by Gasteiger charge is 2.24. The number of rotatable bonds is 3. The maximum absolute atomic E-state index is 12.5. The molecular formula is C18H20N4OS. The van der Waals surface area contributed by atoms with Crippen LogP contribution in [-0.4, -0.2) is 38.5 Å². The third-order valence-corrected chi connectivity index (χ3v) is 5.36. The van der Waals surface area contributed by atoms with Crippen LogP contribution in [-0.2, 0) is 13.0 Å². The second kappa shape index (κ2) is 6.63. The Kier molecular flexibility index (Phi) is 4.56. The average Bonchev–Trinajstić information content (AvgIpc) is 2.90. The van der Waals surface area contributed by atoms with Crippen molar-refractivity contribution in [3.05, 3.63) is 45.8 Å². The summed E-state index contributed by atoms with van der Waals surface area (Å²) in [4.78, 5) is 17.9. The van der Waals surface area contributed by atoms with E-state index in [1.807, 2.05) is 31.1 Å². The van der Waals surface area contributed by atoms with Crippen LogP contribution in [0.3, 0.4) is 0 Å². The van der Waals surface area contributed by atoms with Gasteiger partial charge < -0.3 is 15.1 Å². The average molecular weight is 340 g/mol. The summed E-state index contributed by atoms with van der Waals surface area (Å²) < 4.78 is 0. The molecule has 1 aliphatic rings. The number of fused-ring (bicyclic) bond motifs is 1. The monoisotopic (exact) mass is 340 g/mol. The minimum Gasteiger partial charge on any atom is -0.378 e. The molecule has 6 heteroatoms. The number of thiophene rings is 1. The fourth-order valence-corrected chi connectivity index (χ4v) is 4.10. The molecule has 0 fully saturated rings. The van der Waals surface area contributed by atoms with Crippen LogP contribution in [0.4, 0.5) is 10.7 Å². The van der Waals surface area contributed by atoms with E-state index >= 15 is 0 Å². The van der Waals surface area contributed by atoms with Gasteiger partial charge in [0.15, 0.2) is 0 Å². The molecule has 0 saturated carbocycles. The zero-order valence-corrected chi connectivity index (χ0v) is 14.9. The van der Waals surface area contributed by atoms with Crippen molar-refractivity contribution in [3.63, 3.8) is 0 Å². The minimum atomic E-state index is -0.177. The van der Waals surface area contributed by atoms with Crippen LogP contribution >= 0.6 is 11.3 Å². The number of nitrogens with one attached hydrogen (secondary N) is 1. The molecule has 0 unspecified atom stereocenters. The number of hydrogen-bond acceptors (Lipinski definition) is 5. The fourth-order valence-electron chi connectivity index (χ4n) is 2.82. The third kappa shape index (κ3) is 3.14. The van der Waals surface area contributed by atoms with E-state index < -0.39 is 0 Å². The molecule has 3 rings (SSSR count). The summed E-state index contributed by atoms with van der Waals surface area (Å²) in [5, 5.41) is 13.1. The lowest BCUT2D eigenvalue weighted by Crippen LogP contribution is -2.25. The number of hydrogen-bond donors (Lipinski definition) is 1. The summed E-state index contributed by atoms with van der Waals surface area (Å²) in [6, 6.07) is 9.70. The van der Waals surface area contributed by atoms with Gasteiger partial charge in [0.1, 0.15) is 11.1 Å². The van der Waals surface area contributed by atoms with Gasteiger partial charge in [-0.15, -0.1) is 11.3 Å². The molecule has 0 saturated heterocycles. The Bertz CT molecular complexity index is 802. The van der Waals surface area contributed by atoms with Gasteiger partial charge in [-0.25, -0.2) is 0 Å². The van der Waals surface area contributed by atoms with Gasteiger partial charge in [-0.2, -0.15) is 5.26 Å². The highest BCUT2D eigenvalue weighted by Crippen LogP contribution is 2.36. The van der Waals surface area contributed by atoms with E-state index in [9.17, 15) is 10.1 Å². The minimum absolute atomic E-state index is 0.177. The summed E-state index contributed by atoms with van der Waals surface area (Å²) in [5.41, 5.74) is 3.35. The van der Waals surface area contributed by atoms with Crippen molar-refractivity contribution in [2.45, 2.75) is 13.0 Å². The molecule has 1 aromatic carbocycles. The molecular weight excluding hydrogens is 320 g/mol. The van der Waals surface area contributed by atoms with Crippen LogP contribution in [0.15, 0.2) is 24.3 Å². The molecule has 0 bridgehead atoms. The van der Waals surface area contributed by atoms with Gasteiger partial charge in [0.25, 0.3) is 5.91 Å². The Morgan fingerprint density at radius 1 is 1.33 bits per heavy atom. The largest absolute Gasteiger partial charge is 0.378 e. The molecule has 0 atom stereocenters. The Balaban J connectivity index is 1.83. The summed E-state index contributed by atoms with van der Waals surface area (Å²) in [7, 11) is 5.99. The first-order chi connectivity index (χ1) is 11.5. The number of nitrogens with zero attached hydrogens (tertiary/aromatic N) is 3. The summed E-state index contributed by atoms with van der Waals surface area (Å²) in [6.45, 7) is 1.78. The van der Waals surface area contributed by atoms with Gasteiger partial charge in [0.05, 0.1) is 5.56 Å². The number of carbonyl (C=O) groups excluding carboxylic acids is 1. The van der Waals surface area contributed by atoms with Crippen LogP contribution in [0, 0.1) is 11.3 Å². The molecule has 1 aromatic heterocycles. The molecule has 1 aliphatic heterocycles. The number of benzene rings is 1. The first-order valence-corrected chi connectivity index (χ1v) is 8.63. The smallest absolute Gasteiger partial charge is 0.256 e. The predicted octanol–water partition coefficient (Wildman–Crippen LogP) is 2.93. The lowest BCUT2D eigenvalue weighted by atomic mass is 10.0. The van der Waals surface area contributed by atoms with E-state index in [2.05, 4.69) is 23.3 Å². The number of carbonyl (C=O) groups is 1. The van der Waals surface area contributed by atoms with Crippen LogP contribution in [0.1, 0.15) is 26.4 Å². The number of amides is 1. The van der Waals surface area contributed by atoms with E-state index in [0.717, 1.165) is 30.8 Å². The molecule has 5 nitrogen and oxygen atoms in total. The molecule has 2 heterocycles. The van der Waals surface area contributed by atoms with E-state index in [-0.39, 0.29) is 5.91 Å². The SMILES string of the molecule is CN1CCc2c(sc(NC(=O)c3ccc(N(C)C)cc3)c2C#N)C1. The van der Waals surface area contributed by atoms with Gasteiger partial charge in [0.2, 0.25) is 0 Å². The first-order valence-electron chi connectivity index (χ1n) is 7.81. The molecule has 1 N–H and O–H groups in total. The highest BCUT2D eigenvalue weighted by molar-refractivity contribution is 7.16. The maximum Gasteiger partial charge on any atom is 0.256 e. The lowest BCUT2D eigenvalue weighted by Gasteiger charge is -2.21. The van der Waals surface area contributed by atoms with Gasteiger partial charge in [-0.1, -0.05) is 0 Å². The van der Waals surface area contributed by atoms with E-state index in [0.29, 0.717) is 16.1 Å². The number of anilines is 2. The van der Waals surface area contributed by atoms with Crippen molar-refractivity contribution < 1.29 is 4.79 Å². The van der Waals surface area contributed by atoms with E-state index in [1.54, 1.807) is 12.1 Å². The summed E-state index contributed by atoms with van der Waals surface area (Å²) in [5.74, 6) is -0.177. The van der Waals surface area contributed by atoms with Gasteiger partial charge in [0, 0.05) is 43.3 Å². The maximum atomic E-state index is 12.5. The zero-order valence-electron chi connectivity index (χ0n) is 14.1. The Morgan fingerprint density at radius 3 is 2.67 bits per heavy atom. The number of likely N-dealkylation sites (N-methyl/N-ethyl adjacent to an activating group) is 1. The van der Waals surface area contributed by atoms with Crippen LogP contribution in [0.25, 0.3) is 0 Å². The van der Waals surface area contributed by atoms with Crippen molar-refractivity contribution in [1.82, 2.24) is 4.90 Å². The van der Waals surface area contributed by atoms with Crippen molar-refractivity contribution in [1.29, 1.82) is 5.26 Å². The molecule has 0 radical (unpaired) electrons. The molecule has 2 aromatic rings. The Hall–Kier alpha value is -2.36. The summed E-state index contributed by atoms with van der Waals surface area (Å²) >= 11 is 1.52. The van der Waals surface area contributed by atoms with E-state index in [1.165, 1.54) is 16.2 Å². The van der Waals surface area contributed by atoms with Crippen LogP contribution in [0.2, 0.25) is 0 Å². The molecule has 124 valence electrons. The fraction of sp³-hybridized carbons (Fsp3) is 0.333. The molecule has 0 aliphatic carbocycles. The topological polar surface area (TPSA) is 59.4 Å². The van der Waals surface area contributed by atoms with Crippen molar-refractivity contribution >= 4 is 27.9 Å². The van der Waals surface area contributed by atoms with Crippen molar-refractivity contribution in [2.24, 2.45) is 0 Å². The predicted molar refractivity (Wildman–Crippen MR) is 97.8 cm³/mol. The van der Waals surface area contributed by atoms with Crippen LogP contribution in [0.5, 0.6) is 0 Å². The second-order valence-corrected chi connectivity index (χ2v) is 7.31. The van der Waals surface area contributed by atoms with Gasteiger partial charge in [-0.05, 0) is 43.3 Å². The lowest BCUT2D eigenvalue weighted by molar-refractivity contribution is 0.102. The first kappa shape index (κ1) is 16.5. The van der Waals surface area contributed by atoms with Gasteiger partial charge in [-0.3, -0.25) is 4.79 Å². The van der Waals surface area contributed by atoms with E-state index in [4.69, 9.17) is 0 Å². The van der Waals surface area contributed by atoms with Gasteiger partial charge >= 0.3 is 0 Å². The highest BCUT2D eigenvalue weighted by atomic mass is 32.1. The third-order valence-electron chi connectivity index (χ3n) is 4.23. The second-order valence-electron chi connectivity index (χ2n) is 6.20. The zero-order chi connectivity index (χ0) is 17.3. The number of nitriles is 1. The summed E-state index contributed by atoms with van der Waals surface area (Å²) in [6.07, 6.45) is 0.860. The molecule has 24 heavy (non-hydrogen) atoms.